The number of halogens is 1. The first kappa shape index (κ1) is 17.1. The highest BCUT2D eigenvalue weighted by Gasteiger charge is 2.33. The van der Waals surface area contributed by atoms with Crippen LogP contribution in [-0.4, -0.2) is 24.6 Å². The van der Waals surface area contributed by atoms with Crippen molar-refractivity contribution in [2.45, 2.75) is 50.7 Å². The number of hydrogen-bond donors (Lipinski definition) is 2. The van der Waals surface area contributed by atoms with Gasteiger partial charge in [0, 0.05) is 5.02 Å². The molecule has 24 heavy (non-hydrogen) atoms. The SMILES string of the molecule is O=C1NC[C@@H](C(=O)NC(c2ccc(Cl)cc2)C2CCCCCC2)O1. The van der Waals surface area contributed by atoms with Crippen LogP contribution in [0.1, 0.15) is 50.1 Å². The largest absolute Gasteiger partial charge is 0.434 e. The van der Waals surface area contributed by atoms with Crippen molar-refractivity contribution in [1.29, 1.82) is 0 Å². The van der Waals surface area contributed by atoms with Crippen LogP contribution in [0.4, 0.5) is 4.79 Å². The third-order valence-corrected chi connectivity index (χ3v) is 5.12. The zero-order chi connectivity index (χ0) is 16.9. The summed E-state index contributed by atoms with van der Waals surface area (Å²) < 4.78 is 5.01. The molecule has 1 aromatic rings. The Kier molecular flexibility index (Phi) is 5.61. The van der Waals surface area contributed by atoms with E-state index in [1.165, 1.54) is 25.7 Å². The molecule has 1 unspecified atom stereocenters. The Balaban J connectivity index is 1.76. The van der Waals surface area contributed by atoms with E-state index in [1.54, 1.807) is 0 Å². The maximum Gasteiger partial charge on any atom is 0.408 e. The van der Waals surface area contributed by atoms with Gasteiger partial charge < -0.3 is 15.4 Å². The lowest BCUT2D eigenvalue weighted by atomic mass is 9.87. The van der Waals surface area contributed by atoms with Crippen LogP contribution in [-0.2, 0) is 9.53 Å². The first-order valence-electron chi connectivity index (χ1n) is 8.64. The lowest BCUT2D eigenvalue weighted by Crippen LogP contribution is -2.41. The fourth-order valence-corrected chi connectivity index (χ4v) is 3.69. The molecule has 1 aliphatic heterocycles. The number of nitrogens with one attached hydrogen (secondary N) is 2. The monoisotopic (exact) mass is 350 g/mol. The van der Waals surface area contributed by atoms with Crippen LogP contribution in [0, 0.1) is 5.92 Å². The Hall–Kier alpha value is -1.75. The summed E-state index contributed by atoms with van der Waals surface area (Å²) in [5.74, 6) is 0.153. The van der Waals surface area contributed by atoms with E-state index in [4.69, 9.17) is 16.3 Å². The van der Waals surface area contributed by atoms with Crippen LogP contribution in [0.3, 0.4) is 0 Å². The lowest BCUT2D eigenvalue weighted by Gasteiger charge is -2.28. The average molecular weight is 351 g/mol. The second-order valence-corrected chi connectivity index (χ2v) is 7.00. The van der Waals surface area contributed by atoms with Gasteiger partial charge >= 0.3 is 6.09 Å². The molecule has 2 aliphatic rings. The Morgan fingerprint density at radius 3 is 2.42 bits per heavy atom. The zero-order valence-corrected chi connectivity index (χ0v) is 14.3. The fraction of sp³-hybridized carbons (Fsp3) is 0.556. The van der Waals surface area contributed by atoms with Gasteiger partial charge in [0.2, 0.25) is 0 Å². The Labute approximate surface area is 147 Å². The summed E-state index contributed by atoms with van der Waals surface area (Å²) in [6.45, 7) is 0.225. The summed E-state index contributed by atoms with van der Waals surface area (Å²) in [7, 11) is 0. The highest BCUT2D eigenvalue weighted by Crippen LogP contribution is 2.34. The van der Waals surface area contributed by atoms with Gasteiger partial charge in [-0.25, -0.2) is 4.79 Å². The number of cyclic esters (lactones) is 1. The van der Waals surface area contributed by atoms with Crippen molar-refractivity contribution in [3.8, 4) is 0 Å². The smallest absolute Gasteiger partial charge is 0.408 e. The van der Waals surface area contributed by atoms with Gasteiger partial charge in [-0.2, -0.15) is 0 Å². The van der Waals surface area contributed by atoms with E-state index < -0.39 is 12.2 Å². The summed E-state index contributed by atoms with van der Waals surface area (Å²) in [5, 5.41) is 6.31. The van der Waals surface area contributed by atoms with Gasteiger partial charge in [0.1, 0.15) is 0 Å². The van der Waals surface area contributed by atoms with Gasteiger partial charge in [0.25, 0.3) is 5.91 Å². The number of rotatable bonds is 4. The van der Waals surface area contributed by atoms with E-state index in [9.17, 15) is 9.59 Å². The molecule has 1 aromatic carbocycles. The van der Waals surface area contributed by atoms with Gasteiger partial charge in [0.05, 0.1) is 12.6 Å². The average Bonchev–Trinajstić information content (AvgIpc) is 2.84. The molecule has 2 atom stereocenters. The fourth-order valence-electron chi connectivity index (χ4n) is 3.57. The molecule has 1 saturated heterocycles. The van der Waals surface area contributed by atoms with Crippen LogP contribution < -0.4 is 10.6 Å². The van der Waals surface area contributed by atoms with Crippen LogP contribution in [0.5, 0.6) is 0 Å². The molecule has 0 radical (unpaired) electrons. The number of hydrogen-bond acceptors (Lipinski definition) is 3. The number of carbonyl (C=O) groups is 2. The number of benzene rings is 1. The first-order chi connectivity index (χ1) is 11.6. The minimum Gasteiger partial charge on any atom is -0.434 e. The maximum absolute atomic E-state index is 12.5. The van der Waals surface area contributed by atoms with E-state index >= 15 is 0 Å². The molecule has 0 spiro atoms. The molecular formula is C18H23ClN2O3. The molecule has 5 nitrogen and oxygen atoms in total. The number of carbonyl (C=O) groups excluding carboxylic acids is 2. The number of amides is 2. The van der Waals surface area contributed by atoms with Crippen molar-refractivity contribution in [3.05, 3.63) is 34.9 Å². The van der Waals surface area contributed by atoms with E-state index in [-0.39, 0.29) is 18.5 Å². The third kappa shape index (κ3) is 4.20. The van der Waals surface area contributed by atoms with Crippen molar-refractivity contribution < 1.29 is 14.3 Å². The molecule has 6 heteroatoms. The van der Waals surface area contributed by atoms with Crippen molar-refractivity contribution in [2.75, 3.05) is 6.54 Å². The molecule has 1 aliphatic carbocycles. The number of alkyl carbamates (subject to hydrolysis) is 1. The van der Waals surface area contributed by atoms with Crippen LogP contribution >= 0.6 is 11.6 Å². The van der Waals surface area contributed by atoms with Crippen molar-refractivity contribution in [2.24, 2.45) is 5.92 Å². The third-order valence-electron chi connectivity index (χ3n) is 4.87. The molecule has 2 N–H and O–H groups in total. The molecule has 130 valence electrons. The molecule has 3 rings (SSSR count). The Morgan fingerprint density at radius 1 is 1.17 bits per heavy atom. The lowest BCUT2D eigenvalue weighted by molar-refractivity contribution is -0.129. The molecule has 2 fully saturated rings. The number of ether oxygens (including phenoxy) is 1. The highest BCUT2D eigenvalue weighted by molar-refractivity contribution is 6.30. The van der Waals surface area contributed by atoms with Gasteiger partial charge in [-0.3, -0.25) is 4.79 Å². The molecule has 2 amide bonds. The van der Waals surface area contributed by atoms with Crippen molar-refractivity contribution in [1.82, 2.24) is 10.6 Å². The van der Waals surface area contributed by atoms with E-state index in [0.717, 1.165) is 18.4 Å². The topological polar surface area (TPSA) is 67.4 Å². The van der Waals surface area contributed by atoms with Crippen molar-refractivity contribution >= 4 is 23.6 Å². The Morgan fingerprint density at radius 2 is 1.83 bits per heavy atom. The Bertz CT molecular complexity index is 582. The minimum atomic E-state index is -0.752. The molecule has 1 heterocycles. The van der Waals surface area contributed by atoms with Gasteiger partial charge in [-0.05, 0) is 36.5 Å². The summed E-state index contributed by atoms with van der Waals surface area (Å²) in [6.07, 6.45) is 5.77. The van der Waals surface area contributed by atoms with E-state index in [1.807, 2.05) is 24.3 Å². The van der Waals surface area contributed by atoms with E-state index in [0.29, 0.717) is 10.9 Å². The second-order valence-electron chi connectivity index (χ2n) is 6.56. The molecular weight excluding hydrogens is 328 g/mol. The summed E-state index contributed by atoms with van der Waals surface area (Å²) in [6, 6.07) is 7.56. The quantitative estimate of drug-likeness (QED) is 0.816. The van der Waals surface area contributed by atoms with E-state index in [2.05, 4.69) is 10.6 Å². The summed E-state index contributed by atoms with van der Waals surface area (Å²) in [5.41, 5.74) is 1.05. The predicted molar refractivity (Wildman–Crippen MR) is 91.8 cm³/mol. The van der Waals surface area contributed by atoms with Crippen LogP contribution in [0.2, 0.25) is 5.02 Å². The highest BCUT2D eigenvalue weighted by atomic mass is 35.5. The van der Waals surface area contributed by atoms with Crippen LogP contribution in [0.15, 0.2) is 24.3 Å². The van der Waals surface area contributed by atoms with Gasteiger partial charge in [-0.1, -0.05) is 49.4 Å². The summed E-state index contributed by atoms with van der Waals surface area (Å²) in [4.78, 5) is 23.7. The van der Waals surface area contributed by atoms with Crippen LogP contribution in [0.25, 0.3) is 0 Å². The van der Waals surface area contributed by atoms with Gasteiger partial charge in [0.15, 0.2) is 6.10 Å². The van der Waals surface area contributed by atoms with Gasteiger partial charge in [-0.15, -0.1) is 0 Å². The van der Waals surface area contributed by atoms with Crippen molar-refractivity contribution in [3.63, 3.8) is 0 Å². The summed E-state index contributed by atoms with van der Waals surface area (Å²) >= 11 is 6.00. The molecule has 0 aromatic heterocycles. The second kappa shape index (κ2) is 7.88. The normalized spacial score (nSPS) is 23.0. The zero-order valence-electron chi connectivity index (χ0n) is 13.6. The molecule has 0 bridgehead atoms. The standard InChI is InChI=1S/C18H23ClN2O3/c19-14-9-7-13(8-10-14)16(12-5-3-1-2-4-6-12)21-17(22)15-11-20-18(23)24-15/h7-10,12,15-16H,1-6,11H2,(H,20,23)(H,21,22)/t15-,16?/m0/s1. The first-order valence-corrected chi connectivity index (χ1v) is 9.01. The molecule has 1 saturated carbocycles. The maximum atomic E-state index is 12.5. The predicted octanol–water partition coefficient (Wildman–Crippen LogP) is 3.58. The minimum absolute atomic E-state index is 0.0767.